The molecule has 0 spiro atoms. The van der Waals surface area contributed by atoms with Gasteiger partial charge in [-0.3, -0.25) is 0 Å². The lowest BCUT2D eigenvalue weighted by atomic mass is 10.0. The van der Waals surface area contributed by atoms with Crippen molar-refractivity contribution in [3.8, 4) is 56.4 Å². The average Bonchev–Trinajstić information content (AvgIpc) is 3.55. The molecule has 9 aromatic rings. The molecule has 0 radical (unpaired) electrons. The van der Waals surface area contributed by atoms with Gasteiger partial charge in [-0.15, -0.1) is 11.3 Å². The number of benzene rings is 7. The lowest BCUT2D eigenvalue weighted by molar-refractivity contribution is 1.08. The van der Waals surface area contributed by atoms with Crippen molar-refractivity contribution in [2.75, 3.05) is 0 Å². The first-order valence-electron chi connectivity index (χ1n) is 15.8. The fourth-order valence-electron chi connectivity index (χ4n) is 6.42. The molecule has 3 nitrogen and oxygen atoms in total. The second-order valence-electron chi connectivity index (χ2n) is 11.8. The van der Waals surface area contributed by atoms with E-state index in [2.05, 4.69) is 140 Å². The second kappa shape index (κ2) is 11.8. The highest BCUT2D eigenvalue weighted by atomic mass is 35.5. The van der Waals surface area contributed by atoms with E-state index in [0.717, 1.165) is 54.4 Å². The van der Waals surface area contributed by atoms with E-state index >= 15 is 0 Å². The van der Waals surface area contributed by atoms with Crippen LogP contribution < -0.4 is 0 Å². The van der Waals surface area contributed by atoms with Crippen LogP contribution in [0.2, 0.25) is 5.02 Å². The van der Waals surface area contributed by atoms with Crippen molar-refractivity contribution >= 4 is 53.9 Å². The minimum atomic E-state index is 0.553. The smallest absolute Gasteiger partial charge is 0.166 e. The molecule has 2 aromatic heterocycles. The Bertz CT molecular complexity index is 2500. The summed E-state index contributed by atoms with van der Waals surface area (Å²) in [7, 11) is 0. The van der Waals surface area contributed by atoms with Gasteiger partial charge in [0.25, 0.3) is 0 Å². The second-order valence-corrected chi connectivity index (χ2v) is 13.2. The SMILES string of the molecule is Clc1ccc2sc3c4ccccc4ccc3c2c1-c1nc(-c2ccc(-c3ccccc3)cc2)nc(-c2ccc(-c3ccccc3)cc2)n1. The predicted octanol–water partition coefficient (Wildman–Crippen LogP) is 12.4. The van der Waals surface area contributed by atoms with Crippen molar-refractivity contribution in [1.29, 1.82) is 0 Å². The number of hydrogen-bond acceptors (Lipinski definition) is 4. The Labute approximate surface area is 286 Å². The third kappa shape index (κ3) is 5.03. The zero-order valence-electron chi connectivity index (χ0n) is 25.6. The summed E-state index contributed by atoms with van der Waals surface area (Å²) in [6, 6.07) is 54.5. The molecule has 9 rings (SSSR count). The summed E-state index contributed by atoms with van der Waals surface area (Å²) in [6.07, 6.45) is 0. The van der Waals surface area contributed by atoms with Crippen LogP contribution in [0.1, 0.15) is 0 Å². The Hall–Kier alpha value is -5.68. The number of fused-ring (bicyclic) bond motifs is 5. The van der Waals surface area contributed by atoms with Crippen LogP contribution in [0.3, 0.4) is 0 Å². The summed E-state index contributed by atoms with van der Waals surface area (Å²) >= 11 is 8.87. The molecule has 0 amide bonds. The van der Waals surface area contributed by atoms with Crippen LogP contribution in [0.15, 0.2) is 158 Å². The lowest BCUT2D eigenvalue weighted by Crippen LogP contribution is -2.01. The Morgan fingerprint density at radius 2 is 0.896 bits per heavy atom. The molecule has 0 unspecified atom stereocenters. The Balaban J connectivity index is 1.25. The summed E-state index contributed by atoms with van der Waals surface area (Å²) in [4.78, 5) is 15.3. The van der Waals surface area contributed by atoms with Crippen LogP contribution >= 0.6 is 22.9 Å². The van der Waals surface area contributed by atoms with Crippen molar-refractivity contribution in [1.82, 2.24) is 15.0 Å². The molecule has 0 fully saturated rings. The standard InChI is InChI=1S/C43H26ClN3S/c44-36-25-26-37-38(35-24-23-31-13-7-8-14-34(31)40(35)48-37)39(36)43-46-41(32-19-15-29(16-20-32)27-9-3-1-4-10-27)45-42(47-43)33-21-17-30(18-22-33)28-11-5-2-6-12-28/h1-26H. The fraction of sp³-hybridized carbons (Fsp3) is 0. The predicted molar refractivity (Wildman–Crippen MR) is 202 cm³/mol. The minimum absolute atomic E-state index is 0.553. The molecule has 0 bridgehead atoms. The Morgan fingerprint density at radius 1 is 0.396 bits per heavy atom. The van der Waals surface area contributed by atoms with E-state index in [1.807, 2.05) is 18.2 Å². The van der Waals surface area contributed by atoms with E-state index in [9.17, 15) is 0 Å². The maximum atomic E-state index is 7.09. The van der Waals surface area contributed by atoms with Crippen LogP contribution in [-0.2, 0) is 0 Å². The highest BCUT2D eigenvalue weighted by Gasteiger charge is 2.20. The van der Waals surface area contributed by atoms with E-state index in [1.165, 1.54) is 15.5 Å². The molecule has 0 N–H and O–H groups in total. The maximum absolute atomic E-state index is 7.09. The highest BCUT2D eigenvalue weighted by Crippen LogP contribution is 2.45. The molecule has 0 aliphatic heterocycles. The Kier molecular flexibility index (Phi) is 7.04. The number of rotatable bonds is 5. The number of thiophene rings is 1. The van der Waals surface area contributed by atoms with Gasteiger partial charge in [-0.1, -0.05) is 157 Å². The molecule has 48 heavy (non-hydrogen) atoms. The van der Waals surface area contributed by atoms with Gasteiger partial charge in [-0.2, -0.15) is 0 Å². The van der Waals surface area contributed by atoms with Crippen LogP contribution in [-0.4, -0.2) is 15.0 Å². The van der Waals surface area contributed by atoms with Gasteiger partial charge in [-0.05, 0) is 45.2 Å². The summed E-state index contributed by atoms with van der Waals surface area (Å²) in [5.74, 6) is 1.75. The molecule has 2 heterocycles. The van der Waals surface area contributed by atoms with Crippen LogP contribution in [0.5, 0.6) is 0 Å². The molecule has 0 aliphatic rings. The number of aromatic nitrogens is 3. The molecule has 0 aliphatic carbocycles. The van der Waals surface area contributed by atoms with Gasteiger partial charge in [0, 0.05) is 36.9 Å². The van der Waals surface area contributed by atoms with Crippen molar-refractivity contribution in [3.63, 3.8) is 0 Å². The highest BCUT2D eigenvalue weighted by molar-refractivity contribution is 7.26. The van der Waals surface area contributed by atoms with Gasteiger partial charge in [0.2, 0.25) is 0 Å². The van der Waals surface area contributed by atoms with Crippen molar-refractivity contribution in [2.45, 2.75) is 0 Å². The minimum Gasteiger partial charge on any atom is -0.208 e. The normalized spacial score (nSPS) is 11.4. The first-order valence-corrected chi connectivity index (χ1v) is 17.0. The van der Waals surface area contributed by atoms with Crippen molar-refractivity contribution < 1.29 is 0 Å². The zero-order valence-corrected chi connectivity index (χ0v) is 27.2. The molecule has 226 valence electrons. The number of nitrogens with zero attached hydrogens (tertiary/aromatic N) is 3. The first-order chi connectivity index (χ1) is 23.7. The zero-order chi connectivity index (χ0) is 32.0. The quantitative estimate of drug-likeness (QED) is 0.186. The molecule has 5 heteroatoms. The first kappa shape index (κ1) is 28.5. The van der Waals surface area contributed by atoms with Gasteiger partial charge in [0.15, 0.2) is 17.5 Å². The van der Waals surface area contributed by atoms with Gasteiger partial charge < -0.3 is 0 Å². The van der Waals surface area contributed by atoms with Gasteiger partial charge in [0.1, 0.15) is 0 Å². The van der Waals surface area contributed by atoms with Crippen molar-refractivity contribution in [3.05, 3.63) is 163 Å². The molecule has 0 atom stereocenters. The molecular weight excluding hydrogens is 626 g/mol. The van der Waals surface area contributed by atoms with Crippen LogP contribution in [0, 0.1) is 0 Å². The van der Waals surface area contributed by atoms with Gasteiger partial charge >= 0.3 is 0 Å². The topological polar surface area (TPSA) is 38.7 Å². The van der Waals surface area contributed by atoms with Gasteiger partial charge in [0.05, 0.1) is 5.02 Å². The van der Waals surface area contributed by atoms with E-state index < -0.39 is 0 Å². The van der Waals surface area contributed by atoms with E-state index in [-0.39, 0.29) is 0 Å². The van der Waals surface area contributed by atoms with E-state index in [1.54, 1.807) is 11.3 Å². The maximum Gasteiger partial charge on any atom is 0.166 e. The fourth-order valence-corrected chi connectivity index (χ4v) is 7.91. The molecule has 0 saturated heterocycles. The summed E-state index contributed by atoms with van der Waals surface area (Å²) in [5.41, 5.74) is 7.23. The van der Waals surface area contributed by atoms with Gasteiger partial charge in [-0.25, -0.2) is 15.0 Å². The van der Waals surface area contributed by atoms with Crippen molar-refractivity contribution in [2.24, 2.45) is 0 Å². The lowest BCUT2D eigenvalue weighted by Gasteiger charge is -2.12. The summed E-state index contributed by atoms with van der Waals surface area (Å²) in [5, 5.41) is 5.26. The van der Waals surface area contributed by atoms with Crippen LogP contribution in [0.4, 0.5) is 0 Å². The van der Waals surface area contributed by atoms with E-state index in [4.69, 9.17) is 26.6 Å². The van der Waals surface area contributed by atoms with E-state index in [0.29, 0.717) is 22.5 Å². The molecular formula is C43H26ClN3S. The Morgan fingerprint density at radius 3 is 1.50 bits per heavy atom. The third-order valence-corrected chi connectivity index (χ3v) is 10.4. The number of halogens is 1. The largest absolute Gasteiger partial charge is 0.208 e. The number of hydrogen-bond donors (Lipinski definition) is 0. The summed E-state index contributed by atoms with van der Waals surface area (Å²) < 4.78 is 2.37. The van der Waals surface area contributed by atoms with Crippen LogP contribution in [0.25, 0.3) is 87.4 Å². The molecule has 0 saturated carbocycles. The third-order valence-electron chi connectivity index (χ3n) is 8.84. The monoisotopic (exact) mass is 651 g/mol. The summed E-state index contributed by atoms with van der Waals surface area (Å²) in [6.45, 7) is 0. The average molecular weight is 652 g/mol. The molecule has 7 aromatic carbocycles.